The first-order valence-corrected chi connectivity index (χ1v) is 7.12. The van der Waals surface area contributed by atoms with Crippen LogP contribution in [-0.2, 0) is 4.74 Å². The van der Waals surface area contributed by atoms with Crippen LogP contribution in [0.2, 0.25) is 0 Å². The molecule has 0 spiro atoms. The van der Waals surface area contributed by atoms with Crippen molar-refractivity contribution in [2.24, 2.45) is 0 Å². The van der Waals surface area contributed by atoms with Crippen molar-refractivity contribution in [3.05, 3.63) is 17.6 Å². The van der Waals surface area contributed by atoms with Gasteiger partial charge in [0.2, 0.25) is 0 Å². The molecule has 0 unspecified atom stereocenters. The van der Waals surface area contributed by atoms with Crippen LogP contribution in [0.5, 0.6) is 0 Å². The molecule has 0 saturated carbocycles. The topological polar surface area (TPSA) is 64.1 Å². The third-order valence-electron chi connectivity index (χ3n) is 2.88. The van der Waals surface area contributed by atoms with Crippen LogP contribution in [0.3, 0.4) is 0 Å². The van der Waals surface area contributed by atoms with Crippen LogP contribution < -0.4 is 5.32 Å². The lowest BCUT2D eigenvalue weighted by molar-refractivity contribution is 0.0601. The van der Waals surface area contributed by atoms with Gasteiger partial charge in [-0.15, -0.1) is 0 Å². The Hall–Kier alpha value is -1.30. The number of aryl methyl sites for hydroxylation is 1. The summed E-state index contributed by atoms with van der Waals surface area (Å²) in [6.07, 6.45) is 3.71. The summed E-state index contributed by atoms with van der Waals surface area (Å²) < 4.78 is 4.74. The number of nitrogens with one attached hydrogen (secondary N) is 1. The minimum absolute atomic E-state index is 0.379. The van der Waals surface area contributed by atoms with E-state index in [1.165, 1.54) is 13.3 Å². The zero-order valence-corrected chi connectivity index (χ0v) is 11.4. The molecule has 1 aliphatic heterocycles. The van der Waals surface area contributed by atoms with E-state index in [-0.39, 0.29) is 0 Å². The van der Waals surface area contributed by atoms with E-state index in [9.17, 15) is 4.79 Å². The van der Waals surface area contributed by atoms with E-state index >= 15 is 0 Å². The molecule has 5 nitrogen and oxygen atoms in total. The third-order valence-corrected chi connectivity index (χ3v) is 3.93. The number of thioether (sulfide) groups is 1. The highest BCUT2D eigenvalue weighted by molar-refractivity contribution is 7.99. The SMILES string of the molecule is COC(=O)c1cnc(C)nc1NC1CCSCC1. The quantitative estimate of drug-likeness (QED) is 0.844. The molecule has 1 aromatic rings. The Labute approximate surface area is 111 Å². The number of carbonyl (C=O) groups excluding carboxylic acids is 1. The van der Waals surface area contributed by atoms with E-state index in [4.69, 9.17) is 4.74 Å². The van der Waals surface area contributed by atoms with Crippen molar-refractivity contribution in [3.63, 3.8) is 0 Å². The Balaban J connectivity index is 2.18. The van der Waals surface area contributed by atoms with Gasteiger partial charge in [-0.2, -0.15) is 11.8 Å². The maximum absolute atomic E-state index is 11.6. The number of rotatable bonds is 3. The molecule has 0 radical (unpaired) electrons. The molecule has 0 aliphatic carbocycles. The summed E-state index contributed by atoms with van der Waals surface area (Å²) in [6.45, 7) is 1.81. The van der Waals surface area contributed by atoms with E-state index in [0.29, 0.717) is 23.2 Å². The van der Waals surface area contributed by atoms with E-state index in [0.717, 1.165) is 24.3 Å². The maximum atomic E-state index is 11.6. The molecule has 1 N–H and O–H groups in total. The predicted octanol–water partition coefficient (Wildman–Crippen LogP) is 1.88. The second-order valence-electron chi connectivity index (χ2n) is 4.20. The van der Waals surface area contributed by atoms with Crippen molar-refractivity contribution in [2.75, 3.05) is 23.9 Å². The van der Waals surface area contributed by atoms with Gasteiger partial charge in [0.25, 0.3) is 0 Å². The molecule has 1 fully saturated rings. The smallest absolute Gasteiger partial charge is 0.343 e. The van der Waals surface area contributed by atoms with Crippen LogP contribution in [0.15, 0.2) is 6.20 Å². The van der Waals surface area contributed by atoms with Crippen LogP contribution in [0, 0.1) is 6.92 Å². The Kier molecular flexibility index (Phi) is 4.41. The first kappa shape index (κ1) is 13.1. The summed E-state index contributed by atoms with van der Waals surface area (Å²) in [5.74, 6) is 3.13. The van der Waals surface area contributed by atoms with Crippen molar-refractivity contribution < 1.29 is 9.53 Å². The molecule has 2 heterocycles. The number of aromatic nitrogens is 2. The fourth-order valence-electron chi connectivity index (χ4n) is 1.87. The van der Waals surface area contributed by atoms with E-state index in [2.05, 4.69) is 15.3 Å². The average molecular weight is 267 g/mol. The predicted molar refractivity (Wildman–Crippen MR) is 72.1 cm³/mol. The van der Waals surface area contributed by atoms with Crippen molar-refractivity contribution in [3.8, 4) is 0 Å². The molecule has 98 valence electrons. The van der Waals surface area contributed by atoms with Crippen molar-refractivity contribution in [1.82, 2.24) is 9.97 Å². The number of ether oxygens (including phenoxy) is 1. The van der Waals surface area contributed by atoms with Crippen molar-refractivity contribution in [2.45, 2.75) is 25.8 Å². The van der Waals surface area contributed by atoms with Crippen LogP contribution in [0.4, 0.5) is 5.82 Å². The molecule has 0 atom stereocenters. The van der Waals surface area contributed by atoms with Gasteiger partial charge in [0, 0.05) is 12.2 Å². The Morgan fingerprint density at radius 1 is 1.50 bits per heavy atom. The molecule has 1 aliphatic rings. The molecule has 18 heavy (non-hydrogen) atoms. The van der Waals surface area contributed by atoms with Gasteiger partial charge in [-0.05, 0) is 31.3 Å². The number of esters is 1. The lowest BCUT2D eigenvalue weighted by atomic mass is 10.1. The van der Waals surface area contributed by atoms with Gasteiger partial charge in [-0.1, -0.05) is 0 Å². The molecule has 6 heteroatoms. The first-order chi connectivity index (χ1) is 8.70. The van der Waals surface area contributed by atoms with E-state index in [1.54, 1.807) is 0 Å². The molecule has 1 saturated heterocycles. The number of methoxy groups -OCH3 is 1. The molecule has 0 aromatic carbocycles. The van der Waals surface area contributed by atoms with Gasteiger partial charge in [-0.3, -0.25) is 0 Å². The van der Waals surface area contributed by atoms with Crippen molar-refractivity contribution >= 4 is 23.5 Å². The first-order valence-electron chi connectivity index (χ1n) is 5.97. The Morgan fingerprint density at radius 3 is 2.89 bits per heavy atom. The highest BCUT2D eigenvalue weighted by atomic mass is 32.2. The largest absolute Gasteiger partial charge is 0.465 e. The van der Waals surface area contributed by atoms with Crippen LogP contribution >= 0.6 is 11.8 Å². The van der Waals surface area contributed by atoms with Gasteiger partial charge in [0.05, 0.1) is 7.11 Å². The van der Waals surface area contributed by atoms with Gasteiger partial charge in [0.1, 0.15) is 17.2 Å². The Bertz CT molecular complexity index is 433. The fourth-order valence-corrected chi connectivity index (χ4v) is 2.98. The average Bonchev–Trinajstić information content (AvgIpc) is 2.39. The molecule has 0 amide bonds. The molecule has 0 bridgehead atoms. The highest BCUT2D eigenvalue weighted by Gasteiger charge is 2.19. The standard InChI is InChI=1S/C12H17N3O2S/c1-8-13-7-10(12(16)17-2)11(14-8)15-9-3-5-18-6-4-9/h7,9H,3-6H2,1-2H3,(H,13,14,15). The summed E-state index contributed by atoms with van der Waals surface area (Å²) in [5.41, 5.74) is 0.404. The number of nitrogens with zero attached hydrogens (tertiary/aromatic N) is 2. The number of anilines is 1. The summed E-state index contributed by atoms with van der Waals surface area (Å²) in [6, 6.07) is 0.379. The number of carbonyl (C=O) groups is 1. The lowest BCUT2D eigenvalue weighted by Gasteiger charge is -2.23. The number of hydrogen-bond donors (Lipinski definition) is 1. The summed E-state index contributed by atoms with van der Waals surface area (Å²) >= 11 is 1.96. The molecule has 1 aromatic heterocycles. The monoisotopic (exact) mass is 267 g/mol. The second-order valence-corrected chi connectivity index (χ2v) is 5.43. The number of hydrogen-bond acceptors (Lipinski definition) is 6. The third kappa shape index (κ3) is 3.13. The lowest BCUT2D eigenvalue weighted by Crippen LogP contribution is -2.26. The van der Waals surface area contributed by atoms with Crippen LogP contribution in [0.25, 0.3) is 0 Å². The highest BCUT2D eigenvalue weighted by Crippen LogP contribution is 2.22. The van der Waals surface area contributed by atoms with Crippen molar-refractivity contribution in [1.29, 1.82) is 0 Å². The van der Waals surface area contributed by atoms with Gasteiger partial charge < -0.3 is 10.1 Å². The molecular weight excluding hydrogens is 250 g/mol. The van der Waals surface area contributed by atoms with E-state index in [1.807, 2.05) is 18.7 Å². The van der Waals surface area contributed by atoms with Gasteiger partial charge >= 0.3 is 5.97 Å². The maximum Gasteiger partial charge on any atom is 0.343 e. The summed E-state index contributed by atoms with van der Waals surface area (Å²) in [7, 11) is 1.36. The molecule has 2 rings (SSSR count). The summed E-state index contributed by atoms with van der Waals surface area (Å²) in [5, 5.41) is 3.34. The van der Waals surface area contributed by atoms with Crippen LogP contribution in [-0.4, -0.2) is 40.6 Å². The summed E-state index contributed by atoms with van der Waals surface area (Å²) in [4.78, 5) is 20.0. The second kappa shape index (κ2) is 6.04. The normalized spacial score (nSPS) is 16.3. The van der Waals surface area contributed by atoms with E-state index < -0.39 is 5.97 Å². The minimum atomic E-state index is -0.400. The Morgan fingerprint density at radius 2 is 2.22 bits per heavy atom. The zero-order valence-electron chi connectivity index (χ0n) is 10.6. The fraction of sp³-hybridized carbons (Fsp3) is 0.583. The minimum Gasteiger partial charge on any atom is -0.465 e. The van der Waals surface area contributed by atoms with Crippen LogP contribution in [0.1, 0.15) is 29.0 Å². The van der Waals surface area contributed by atoms with Gasteiger partial charge in [-0.25, -0.2) is 14.8 Å². The zero-order chi connectivity index (χ0) is 13.0. The molecular formula is C12H17N3O2S. The van der Waals surface area contributed by atoms with Gasteiger partial charge in [0.15, 0.2) is 0 Å².